The van der Waals surface area contributed by atoms with Gasteiger partial charge in [-0.05, 0) is 25.0 Å². The summed E-state index contributed by atoms with van der Waals surface area (Å²) < 4.78 is 0. The van der Waals surface area contributed by atoms with Gasteiger partial charge in [-0.1, -0.05) is 25.3 Å². The van der Waals surface area contributed by atoms with E-state index < -0.39 is 0 Å². The Morgan fingerprint density at radius 1 is 1.10 bits per heavy atom. The number of rotatable bonds is 2. The summed E-state index contributed by atoms with van der Waals surface area (Å²) in [4.78, 5) is 20.8. The van der Waals surface area contributed by atoms with Gasteiger partial charge in [0.25, 0.3) is 0 Å². The average molecular weight is 288 g/mol. The fourth-order valence-corrected chi connectivity index (χ4v) is 3.19. The second-order valence-corrected chi connectivity index (χ2v) is 5.95. The van der Waals surface area contributed by atoms with Gasteiger partial charge in [0.05, 0.1) is 0 Å². The number of carbonyl (C=O) groups excluding carboxylic acids is 1. The number of carbonyl (C=O) groups is 1. The molecule has 2 heterocycles. The van der Waals surface area contributed by atoms with E-state index in [0.717, 1.165) is 44.8 Å². The Bertz CT molecular complexity index is 451. The molecule has 5 nitrogen and oxygen atoms in total. The molecule has 1 aliphatic carbocycles. The van der Waals surface area contributed by atoms with Crippen molar-refractivity contribution in [3.63, 3.8) is 0 Å². The summed E-state index contributed by atoms with van der Waals surface area (Å²) in [5.74, 6) is 1.00. The van der Waals surface area contributed by atoms with Crippen LogP contribution >= 0.6 is 0 Å². The molecule has 0 unspecified atom stereocenters. The van der Waals surface area contributed by atoms with Crippen LogP contribution in [0.3, 0.4) is 0 Å². The molecule has 1 saturated carbocycles. The molecule has 2 amide bonds. The van der Waals surface area contributed by atoms with Crippen molar-refractivity contribution in [1.82, 2.24) is 15.2 Å². The van der Waals surface area contributed by atoms with Crippen LogP contribution < -0.4 is 10.2 Å². The van der Waals surface area contributed by atoms with Crippen molar-refractivity contribution < 1.29 is 4.79 Å². The van der Waals surface area contributed by atoms with Gasteiger partial charge in [-0.15, -0.1) is 0 Å². The maximum absolute atomic E-state index is 12.3. The van der Waals surface area contributed by atoms with Gasteiger partial charge >= 0.3 is 6.03 Å². The van der Waals surface area contributed by atoms with Crippen LogP contribution in [0.2, 0.25) is 0 Å². The lowest BCUT2D eigenvalue weighted by Crippen LogP contribution is -2.53. The smallest absolute Gasteiger partial charge is 0.317 e. The number of amides is 2. The first-order valence-corrected chi connectivity index (χ1v) is 8.04. The van der Waals surface area contributed by atoms with Crippen molar-refractivity contribution >= 4 is 11.8 Å². The molecule has 114 valence electrons. The van der Waals surface area contributed by atoms with E-state index in [9.17, 15) is 4.79 Å². The van der Waals surface area contributed by atoms with Gasteiger partial charge in [0.1, 0.15) is 5.82 Å². The third kappa shape index (κ3) is 3.65. The highest BCUT2D eigenvalue weighted by atomic mass is 16.2. The molecule has 2 fully saturated rings. The summed E-state index contributed by atoms with van der Waals surface area (Å²) in [6, 6.07) is 6.46. The van der Waals surface area contributed by atoms with Gasteiger partial charge in [0.2, 0.25) is 0 Å². The number of hydrogen-bond donors (Lipinski definition) is 1. The van der Waals surface area contributed by atoms with Gasteiger partial charge in [-0.25, -0.2) is 9.78 Å². The molecular formula is C16H24N4O. The van der Waals surface area contributed by atoms with Crippen molar-refractivity contribution in [3.8, 4) is 0 Å². The Balaban J connectivity index is 1.47. The predicted molar refractivity (Wildman–Crippen MR) is 83.4 cm³/mol. The van der Waals surface area contributed by atoms with Crippen LogP contribution in [0.25, 0.3) is 0 Å². The average Bonchev–Trinajstić information content (AvgIpc) is 2.57. The van der Waals surface area contributed by atoms with Crippen LogP contribution in [0, 0.1) is 0 Å². The number of urea groups is 1. The highest BCUT2D eigenvalue weighted by Gasteiger charge is 2.24. The number of piperazine rings is 1. The maximum atomic E-state index is 12.3. The molecular weight excluding hydrogens is 264 g/mol. The Morgan fingerprint density at radius 3 is 2.52 bits per heavy atom. The molecule has 1 aromatic rings. The zero-order chi connectivity index (χ0) is 14.5. The Labute approximate surface area is 126 Å². The number of nitrogens with one attached hydrogen (secondary N) is 1. The van der Waals surface area contributed by atoms with Crippen molar-refractivity contribution in [2.24, 2.45) is 0 Å². The lowest BCUT2D eigenvalue weighted by atomic mass is 9.96. The van der Waals surface area contributed by atoms with E-state index in [1.807, 2.05) is 29.3 Å². The second-order valence-electron chi connectivity index (χ2n) is 5.95. The highest BCUT2D eigenvalue weighted by molar-refractivity contribution is 5.74. The van der Waals surface area contributed by atoms with Crippen LogP contribution in [-0.4, -0.2) is 48.1 Å². The van der Waals surface area contributed by atoms with Crippen molar-refractivity contribution in [1.29, 1.82) is 0 Å². The zero-order valence-electron chi connectivity index (χ0n) is 12.5. The minimum absolute atomic E-state index is 0.113. The molecule has 0 aromatic carbocycles. The molecule has 0 bridgehead atoms. The third-order valence-electron chi connectivity index (χ3n) is 4.47. The molecule has 1 saturated heterocycles. The van der Waals surface area contributed by atoms with Gasteiger partial charge < -0.3 is 15.1 Å². The monoisotopic (exact) mass is 288 g/mol. The highest BCUT2D eigenvalue weighted by Crippen LogP contribution is 2.18. The third-order valence-corrected chi connectivity index (χ3v) is 4.47. The normalized spacial score (nSPS) is 20.4. The van der Waals surface area contributed by atoms with Gasteiger partial charge in [-0.3, -0.25) is 0 Å². The number of nitrogens with zero attached hydrogens (tertiary/aromatic N) is 3. The van der Waals surface area contributed by atoms with Gasteiger partial charge in [-0.2, -0.15) is 0 Å². The quantitative estimate of drug-likeness (QED) is 0.908. The first-order valence-electron chi connectivity index (χ1n) is 8.04. The van der Waals surface area contributed by atoms with E-state index in [-0.39, 0.29) is 6.03 Å². The van der Waals surface area contributed by atoms with E-state index in [0.29, 0.717) is 6.04 Å². The minimum Gasteiger partial charge on any atom is -0.353 e. The summed E-state index contributed by atoms with van der Waals surface area (Å²) in [7, 11) is 0. The molecule has 1 N–H and O–H groups in total. The standard InChI is InChI=1S/C16H24N4O/c21-16(18-14-6-2-1-3-7-14)20-12-10-19(11-13-20)15-8-4-5-9-17-15/h4-5,8-9,14H,1-3,6-7,10-13H2,(H,18,21). The lowest BCUT2D eigenvalue weighted by Gasteiger charge is -2.36. The number of pyridine rings is 1. The Morgan fingerprint density at radius 2 is 1.86 bits per heavy atom. The molecule has 5 heteroatoms. The summed E-state index contributed by atoms with van der Waals surface area (Å²) >= 11 is 0. The summed E-state index contributed by atoms with van der Waals surface area (Å²) in [6.07, 6.45) is 7.91. The molecule has 0 spiro atoms. The van der Waals surface area contributed by atoms with Gasteiger partial charge in [0.15, 0.2) is 0 Å². The molecule has 0 atom stereocenters. The first kappa shape index (κ1) is 14.2. The zero-order valence-corrected chi connectivity index (χ0v) is 12.5. The Hall–Kier alpha value is -1.78. The molecule has 3 rings (SSSR count). The van der Waals surface area contributed by atoms with Crippen LogP contribution in [0.5, 0.6) is 0 Å². The van der Waals surface area contributed by atoms with Crippen molar-refractivity contribution in [3.05, 3.63) is 24.4 Å². The largest absolute Gasteiger partial charge is 0.353 e. The first-order chi connectivity index (χ1) is 10.3. The Kier molecular flexibility index (Phi) is 4.58. The predicted octanol–water partition coefficient (Wildman–Crippen LogP) is 2.25. The molecule has 21 heavy (non-hydrogen) atoms. The van der Waals surface area contributed by atoms with Crippen LogP contribution in [-0.2, 0) is 0 Å². The lowest BCUT2D eigenvalue weighted by molar-refractivity contribution is 0.186. The number of anilines is 1. The van der Waals surface area contributed by atoms with Crippen LogP contribution in [0.15, 0.2) is 24.4 Å². The van der Waals surface area contributed by atoms with Crippen LogP contribution in [0.1, 0.15) is 32.1 Å². The minimum atomic E-state index is 0.113. The molecule has 1 aliphatic heterocycles. The van der Waals surface area contributed by atoms with E-state index >= 15 is 0 Å². The maximum Gasteiger partial charge on any atom is 0.317 e. The fourth-order valence-electron chi connectivity index (χ4n) is 3.19. The molecule has 2 aliphatic rings. The van der Waals surface area contributed by atoms with E-state index in [1.165, 1.54) is 19.3 Å². The van der Waals surface area contributed by atoms with Crippen molar-refractivity contribution in [2.75, 3.05) is 31.1 Å². The van der Waals surface area contributed by atoms with E-state index in [2.05, 4.69) is 15.2 Å². The molecule has 1 aromatic heterocycles. The van der Waals surface area contributed by atoms with Crippen molar-refractivity contribution in [2.45, 2.75) is 38.1 Å². The summed E-state index contributed by atoms with van der Waals surface area (Å²) in [5.41, 5.74) is 0. The summed E-state index contributed by atoms with van der Waals surface area (Å²) in [5, 5.41) is 3.20. The number of aromatic nitrogens is 1. The molecule has 0 radical (unpaired) electrons. The topological polar surface area (TPSA) is 48.5 Å². The summed E-state index contributed by atoms with van der Waals surface area (Å²) in [6.45, 7) is 3.26. The number of hydrogen-bond acceptors (Lipinski definition) is 3. The van der Waals surface area contributed by atoms with Crippen LogP contribution in [0.4, 0.5) is 10.6 Å². The van der Waals surface area contributed by atoms with Gasteiger partial charge in [0, 0.05) is 38.4 Å². The SMILES string of the molecule is O=C(NC1CCCCC1)N1CCN(c2ccccn2)CC1. The van der Waals surface area contributed by atoms with E-state index in [4.69, 9.17) is 0 Å². The fraction of sp³-hybridized carbons (Fsp3) is 0.625. The second kappa shape index (κ2) is 6.78. The van der Waals surface area contributed by atoms with E-state index in [1.54, 1.807) is 0 Å².